The maximum absolute atomic E-state index is 11.1. The van der Waals surface area contributed by atoms with Gasteiger partial charge in [-0.2, -0.15) is 0 Å². The number of likely N-dealkylation sites (tertiary alicyclic amines) is 1. The zero-order valence-electron chi connectivity index (χ0n) is 16.4. The molecule has 0 radical (unpaired) electrons. The Labute approximate surface area is 165 Å². The van der Waals surface area contributed by atoms with Crippen molar-refractivity contribution in [2.24, 2.45) is 5.92 Å². The van der Waals surface area contributed by atoms with Crippen molar-refractivity contribution in [3.8, 4) is 17.2 Å². The van der Waals surface area contributed by atoms with Crippen LogP contribution in [-0.4, -0.2) is 43.3 Å². The fourth-order valence-corrected chi connectivity index (χ4v) is 3.49. The summed E-state index contributed by atoms with van der Waals surface area (Å²) in [6, 6.07) is 13.9. The van der Waals surface area contributed by atoms with Gasteiger partial charge in [-0.3, -0.25) is 9.69 Å². The number of aliphatic carboxylic acids is 1. The summed E-state index contributed by atoms with van der Waals surface area (Å²) in [7, 11) is 3.23. The number of methoxy groups -OCH3 is 2. The summed E-state index contributed by atoms with van der Waals surface area (Å²) in [6.07, 6.45) is 1.36. The van der Waals surface area contributed by atoms with Gasteiger partial charge >= 0.3 is 5.97 Å². The molecule has 1 heterocycles. The summed E-state index contributed by atoms with van der Waals surface area (Å²) in [4.78, 5) is 13.4. The van der Waals surface area contributed by atoms with Crippen LogP contribution in [0.15, 0.2) is 42.5 Å². The standard InChI is InChI=1S/C22H27NO5/c1-26-19-12-17(14-23-10-8-18(9-11-23)22(24)25)13-20(27-2)21(19)28-15-16-6-4-3-5-7-16/h3-7,12-13,18H,8-11,14-15H2,1-2H3,(H,24,25). The Balaban J connectivity index is 1.71. The van der Waals surface area contributed by atoms with Crippen LogP contribution in [0.25, 0.3) is 0 Å². The molecule has 150 valence electrons. The fraction of sp³-hybridized carbons (Fsp3) is 0.409. The molecule has 6 nitrogen and oxygen atoms in total. The normalized spacial score (nSPS) is 15.2. The number of nitrogens with zero attached hydrogens (tertiary/aromatic N) is 1. The Morgan fingerprint density at radius 1 is 1.04 bits per heavy atom. The molecule has 1 fully saturated rings. The van der Waals surface area contributed by atoms with Crippen LogP contribution in [0.5, 0.6) is 17.2 Å². The highest BCUT2D eigenvalue weighted by Crippen LogP contribution is 2.39. The van der Waals surface area contributed by atoms with Crippen molar-refractivity contribution in [2.75, 3.05) is 27.3 Å². The third-order valence-corrected chi connectivity index (χ3v) is 5.09. The van der Waals surface area contributed by atoms with E-state index in [1.165, 1.54) is 0 Å². The van der Waals surface area contributed by atoms with Crippen molar-refractivity contribution in [3.05, 3.63) is 53.6 Å². The maximum atomic E-state index is 11.1. The van der Waals surface area contributed by atoms with Gasteiger partial charge in [-0.15, -0.1) is 0 Å². The van der Waals surface area contributed by atoms with Gasteiger partial charge in [0.05, 0.1) is 20.1 Å². The molecule has 1 aliphatic heterocycles. The molecular weight excluding hydrogens is 358 g/mol. The van der Waals surface area contributed by atoms with Gasteiger partial charge < -0.3 is 19.3 Å². The predicted molar refractivity (Wildman–Crippen MR) is 106 cm³/mol. The molecule has 0 amide bonds. The first-order valence-electron chi connectivity index (χ1n) is 9.47. The highest BCUT2D eigenvalue weighted by molar-refractivity contribution is 5.70. The lowest BCUT2D eigenvalue weighted by molar-refractivity contribution is -0.143. The number of benzene rings is 2. The van der Waals surface area contributed by atoms with Gasteiger partial charge in [0.15, 0.2) is 11.5 Å². The SMILES string of the molecule is COc1cc(CN2CCC(C(=O)O)CC2)cc(OC)c1OCc1ccccc1. The van der Waals surface area contributed by atoms with Crippen LogP contribution in [0.4, 0.5) is 0 Å². The average Bonchev–Trinajstić information content (AvgIpc) is 2.73. The zero-order chi connectivity index (χ0) is 19.9. The number of hydrogen-bond donors (Lipinski definition) is 1. The Bertz CT molecular complexity index is 760. The first kappa shape index (κ1) is 20.0. The van der Waals surface area contributed by atoms with Gasteiger partial charge in [0.25, 0.3) is 0 Å². The lowest BCUT2D eigenvalue weighted by Crippen LogP contribution is -2.35. The summed E-state index contributed by atoms with van der Waals surface area (Å²) in [5.41, 5.74) is 2.12. The van der Waals surface area contributed by atoms with Crippen LogP contribution in [0.3, 0.4) is 0 Å². The molecule has 0 aliphatic carbocycles. The molecule has 1 aliphatic rings. The van der Waals surface area contributed by atoms with E-state index in [4.69, 9.17) is 19.3 Å². The molecule has 28 heavy (non-hydrogen) atoms. The minimum atomic E-state index is -0.692. The lowest BCUT2D eigenvalue weighted by Gasteiger charge is -2.30. The Morgan fingerprint density at radius 3 is 2.18 bits per heavy atom. The summed E-state index contributed by atoms with van der Waals surface area (Å²) in [5.74, 6) is 0.926. The van der Waals surface area contributed by atoms with E-state index in [0.29, 0.717) is 36.7 Å². The maximum Gasteiger partial charge on any atom is 0.306 e. The van der Waals surface area contributed by atoms with Crippen LogP contribution < -0.4 is 14.2 Å². The van der Waals surface area contributed by atoms with E-state index in [1.54, 1.807) is 14.2 Å². The molecule has 1 N–H and O–H groups in total. The van der Waals surface area contributed by atoms with E-state index in [1.807, 2.05) is 42.5 Å². The van der Waals surface area contributed by atoms with Crippen molar-refractivity contribution in [1.29, 1.82) is 0 Å². The van der Waals surface area contributed by atoms with Crippen LogP contribution in [0, 0.1) is 5.92 Å². The van der Waals surface area contributed by atoms with Crippen LogP contribution in [0.1, 0.15) is 24.0 Å². The summed E-state index contributed by atoms with van der Waals surface area (Å²) >= 11 is 0. The molecule has 1 saturated heterocycles. The number of piperidine rings is 1. The Kier molecular flexibility index (Phi) is 6.76. The van der Waals surface area contributed by atoms with E-state index >= 15 is 0 Å². The molecule has 0 unspecified atom stereocenters. The number of carboxylic acids is 1. The molecule has 0 spiro atoms. The second kappa shape index (κ2) is 9.46. The van der Waals surface area contributed by atoms with E-state index in [2.05, 4.69) is 4.90 Å². The first-order valence-corrected chi connectivity index (χ1v) is 9.47. The van der Waals surface area contributed by atoms with Gasteiger partial charge in [0, 0.05) is 6.54 Å². The highest BCUT2D eigenvalue weighted by Gasteiger charge is 2.25. The zero-order valence-corrected chi connectivity index (χ0v) is 16.4. The molecule has 0 aromatic heterocycles. The topological polar surface area (TPSA) is 68.2 Å². The monoisotopic (exact) mass is 385 g/mol. The van der Waals surface area contributed by atoms with Gasteiger partial charge in [0.1, 0.15) is 6.61 Å². The number of carboxylic acid groups (broad SMARTS) is 1. The minimum absolute atomic E-state index is 0.228. The van der Waals surface area contributed by atoms with Gasteiger partial charge in [0.2, 0.25) is 5.75 Å². The van der Waals surface area contributed by atoms with Crippen molar-refractivity contribution in [2.45, 2.75) is 26.0 Å². The van der Waals surface area contributed by atoms with Crippen LogP contribution >= 0.6 is 0 Å². The van der Waals surface area contributed by atoms with Gasteiger partial charge in [-0.1, -0.05) is 30.3 Å². The van der Waals surface area contributed by atoms with E-state index in [9.17, 15) is 4.79 Å². The van der Waals surface area contributed by atoms with E-state index in [0.717, 1.165) is 30.8 Å². The van der Waals surface area contributed by atoms with Gasteiger partial charge in [-0.25, -0.2) is 0 Å². The molecule has 6 heteroatoms. The smallest absolute Gasteiger partial charge is 0.306 e. The van der Waals surface area contributed by atoms with Gasteiger partial charge in [-0.05, 0) is 49.2 Å². The fourth-order valence-electron chi connectivity index (χ4n) is 3.49. The minimum Gasteiger partial charge on any atom is -0.493 e. The molecule has 0 saturated carbocycles. The van der Waals surface area contributed by atoms with Crippen molar-refractivity contribution >= 4 is 5.97 Å². The summed E-state index contributed by atoms with van der Waals surface area (Å²) < 4.78 is 17.1. The third-order valence-electron chi connectivity index (χ3n) is 5.09. The summed E-state index contributed by atoms with van der Waals surface area (Å²) in [6.45, 7) is 2.69. The van der Waals surface area contributed by atoms with Crippen molar-refractivity contribution in [3.63, 3.8) is 0 Å². The quantitative estimate of drug-likeness (QED) is 0.749. The van der Waals surface area contributed by atoms with Crippen molar-refractivity contribution in [1.82, 2.24) is 4.90 Å². The second-order valence-electron chi connectivity index (χ2n) is 6.99. The molecule has 2 aromatic carbocycles. The number of hydrogen-bond acceptors (Lipinski definition) is 5. The number of ether oxygens (including phenoxy) is 3. The first-order chi connectivity index (χ1) is 13.6. The largest absolute Gasteiger partial charge is 0.493 e. The molecule has 2 aromatic rings. The molecule has 0 atom stereocenters. The summed E-state index contributed by atoms with van der Waals surface area (Å²) in [5, 5.41) is 9.15. The lowest BCUT2D eigenvalue weighted by atomic mass is 9.97. The predicted octanol–water partition coefficient (Wildman–Crippen LogP) is 3.58. The Hall–Kier alpha value is -2.73. The van der Waals surface area contributed by atoms with E-state index in [-0.39, 0.29) is 5.92 Å². The number of carbonyl (C=O) groups is 1. The van der Waals surface area contributed by atoms with Crippen LogP contribution in [-0.2, 0) is 17.9 Å². The highest BCUT2D eigenvalue weighted by atomic mass is 16.5. The molecular formula is C22H27NO5. The average molecular weight is 385 g/mol. The van der Waals surface area contributed by atoms with E-state index < -0.39 is 5.97 Å². The van der Waals surface area contributed by atoms with Crippen molar-refractivity contribution < 1.29 is 24.1 Å². The molecule has 0 bridgehead atoms. The Morgan fingerprint density at radius 2 is 1.64 bits per heavy atom. The number of rotatable bonds is 8. The molecule has 3 rings (SSSR count). The van der Waals surface area contributed by atoms with Crippen LogP contribution in [0.2, 0.25) is 0 Å². The third kappa shape index (κ3) is 4.95. The second-order valence-corrected chi connectivity index (χ2v) is 6.99.